The molecule has 1 fully saturated rings. The predicted octanol–water partition coefficient (Wildman–Crippen LogP) is 1.41. The van der Waals surface area contributed by atoms with E-state index >= 15 is 0 Å². The first-order valence-electron chi connectivity index (χ1n) is 5.01. The van der Waals surface area contributed by atoms with Crippen LogP contribution in [0.2, 0.25) is 0 Å². The zero-order valence-corrected chi connectivity index (χ0v) is 12.1. The van der Waals surface area contributed by atoms with Crippen molar-refractivity contribution in [2.75, 3.05) is 11.5 Å². The second kappa shape index (κ2) is 4.37. The molecule has 0 radical (unpaired) electrons. The number of halogens is 1. The molecule has 94 valence electrons. The van der Waals surface area contributed by atoms with Gasteiger partial charge in [-0.3, -0.25) is 0 Å². The maximum atomic E-state index is 12.2. The molecule has 4 nitrogen and oxygen atoms in total. The largest absolute Gasteiger partial charge is 0.229 e. The van der Waals surface area contributed by atoms with Gasteiger partial charge in [-0.2, -0.15) is 0 Å². The van der Waals surface area contributed by atoms with E-state index in [1.165, 1.54) is 12.1 Å². The van der Waals surface area contributed by atoms with Gasteiger partial charge in [-0.15, -0.1) is 0 Å². The highest BCUT2D eigenvalue weighted by Gasteiger charge is 2.37. The molecule has 0 spiro atoms. The minimum absolute atomic E-state index is 0.0368. The topological polar surface area (TPSA) is 68.3 Å². The molecule has 1 atom stereocenters. The zero-order chi connectivity index (χ0) is 12.7. The average molecular weight is 339 g/mol. The van der Waals surface area contributed by atoms with E-state index in [4.69, 9.17) is 0 Å². The van der Waals surface area contributed by atoms with Crippen molar-refractivity contribution in [3.8, 4) is 0 Å². The van der Waals surface area contributed by atoms with Gasteiger partial charge in [0.25, 0.3) is 0 Å². The van der Waals surface area contributed by atoms with Crippen molar-refractivity contribution in [1.82, 2.24) is 0 Å². The number of hydrogen-bond donors (Lipinski definition) is 0. The van der Waals surface area contributed by atoms with Crippen molar-refractivity contribution in [3.05, 3.63) is 28.7 Å². The van der Waals surface area contributed by atoms with Crippen LogP contribution in [-0.2, 0) is 19.7 Å². The van der Waals surface area contributed by atoms with Crippen molar-refractivity contribution < 1.29 is 16.8 Å². The predicted molar refractivity (Wildman–Crippen MR) is 68.4 cm³/mol. The normalized spacial score (nSPS) is 23.7. The van der Waals surface area contributed by atoms with Gasteiger partial charge in [0.1, 0.15) is 0 Å². The number of hydrogen-bond acceptors (Lipinski definition) is 4. The highest BCUT2D eigenvalue weighted by Crippen LogP contribution is 2.26. The summed E-state index contributed by atoms with van der Waals surface area (Å²) in [4.78, 5) is 0.175. The number of benzene rings is 1. The molecule has 0 bridgehead atoms. The Morgan fingerprint density at radius 1 is 1.29 bits per heavy atom. The minimum Gasteiger partial charge on any atom is -0.229 e. The van der Waals surface area contributed by atoms with E-state index in [-0.39, 0.29) is 22.8 Å². The Labute approximate surface area is 109 Å². The van der Waals surface area contributed by atoms with Gasteiger partial charge in [0.05, 0.1) is 21.7 Å². The molecule has 17 heavy (non-hydrogen) atoms. The van der Waals surface area contributed by atoms with Gasteiger partial charge in [0.2, 0.25) is 0 Å². The molecule has 0 amide bonds. The van der Waals surface area contributed by atoms with Crippen LogP contribution >= 0.6 is 15.9 Å². The highest BCUT2D eigenvalue weighted by molar-refractivity contribution is 9.10. The van der Waals surface area contributed by atoms with Gasteiger partial charge < -0.3 is 0 Å². The van der Waals surface area contributed by atoms with Gasteiger partial charge in [0, 0.05) is 4.47 Å². The summed E-state index contributed by atoms with van der Waals surface area (Å²) in [5.74, 6) is -0.299. The number of sulfone groups is 2. The Morgan fingerprint density at radius 3 is 2.53 bits per heavy atom. The minimum atomic E-state index is -3.54. The fourth-order valence-electron chi connectivity index (χ4n) is 1.84. The first kappa shape index (κ1) is 13.0. The standard InChI is InChI=1S/C10H11BrO4S2/c11-8-2-1-3-9(6-8)17(14,15)10-4-5-16(12,13)7-10/h1-3,6,10H,4-5,7H2. The third-order valence-corrected chi connectivity index (χ3v) is 7.42. The molecule has 1 saturated heterocycles. The van der Waals surface area contributed by atoms with Crippen LogP contribution < -0.4 is 0 Å². The third kappa shape index (κ3) is 2.71. The summed E-state index contributed by atoms with van der Waals surface area (Å²) in [5, 5.41) is -0.804. The molecule has 0 saturated carbocycles. The van der Waals surface area contributed by atoms with Gasteiger partial charge in [-0.05, 0) is 24.6 Å². The first-order chi connectivity index (χ1) is 7.81. The molecule has 1 aromatic carbocycles. The maximum absolute atomic E-state index is 12.2. The molecule has 0 aromatic heterocycles. The van der Waals surface area contributed by atoms with Crippen LogP contribution in [0.3, 0.4) is 0 Å². The first-order valence-corrected chi connectivity index (χ1v) is 9.17. The lowest BCUT2D eigenvalue weighted by atomic mass is 10.4. The molecule has 1 aliphatic heterocycles. The monoisotopic (exact) mass is 338 g/mol. The van der Waals surface area contributed by atoms with Crippen molar-refractivity contribution in [2.45, 2.75) is 16.6 Å². The van der Waals surface area contributed by atoms with Gasteiger partial charge in [-0.25, -0.2) is 16.8 Å². The van der Waals surface area contributed by atoms with Gasteiger partial charge in [0.15, 0.2) is 19.7 Å². The quantitative estimate of drug-likeness (QED) is 0.817. The molecule has 7 heteroatoms. The van der Waals surface area contributed by atoms with Crippen LogP contribution in [0.4, 0.5) is 0 Å². The Hall–Kier alpha value is -0.400. The van der Waals surface area contributed by atoms with E-state index in [1.807, 2.05) is 0 Å². The molecule has 0 aliphatic carbocycles. The smallest absolute Gasteiger partial charge is 0.182 e. The Morgan fingerprint density at radius 2 is 2.00 bits per heavy atom. The molecule has 0 N–H and O–H groups in total. The third-order valence-electron chi connectivity index (χ3n) is 2.75. The van der Waals surface area contributed by atoms with Crippen LogP contribution in [0.25, 0.3) is 0 Å². The van der Waals surface area contributed by atoms with Crippen molar-refractivity contribution in [2.24, 2.45) is 0 Å². The van der Waals surface area contributed by atoms with E-state index in [9.17, 15) is 16.8 Å². The van der Waals surface area contributed by atoms with Crippen molar-refractivity contribution in [1.29, 1.82) is 0 Å². The van der Waals surface area contributed by atoms with Crippen LogP contribution in [0.15, 0.2) is 33.6 Å². The summed E-state index contributed by atoms with van der Waals surface area (Å²) >= 11 is 3.20. The number of rotatable bonds is 2. The second-order valence-corrected chi connectivity index (χ2v) is 9.40. The summed E-state index contributed by atoms with van der Waals surface area (Å²) in [6.07, 6.45) is 0.192. The average Bonchev–Trinajstić information content (AvgIpc) is 2.59. The van der Waals surface area contributed by atoms with Crippen molar-refractivity contribution in [3.63, 3.8) is 0 Å². The van der Waals surface area contributed by atoms with Gasteiger partial charge >= 0.3 is 0 Å². The Bertz CT molecular complexity index is 634. The summed E-state index contributed by atoms with van der Waals surface area (Å²) in [6.45, 7) is 0. The molecule has 1 aliphatic rings. The SMILES string of the molecule is O=S1(=O)CCC(S(=O)(=O)c2cccc(Br)c2)C1. The lowest BCUT2D eigenvalue weighted by Gasteiger charge is -2.10. The highest BCUT2D eigenvalue weighted by atomic mass is 79.9. The molecule has 1 heterocycles. The van der Waals surface area contributed by atoms with Crippen LogP contribution in [0, 0.1) is 0 Å². The molecule has 1 aromatic rings. The maximum Gasteiger partial charge on any atom is 0.182 e. The van der Waals surface area contributed by atoms with E-state index < -0.39 is 24.9 Å². The Kier molecular flexibility index (Phi) is 3.35. The second-order valence-electron chi connectivity index (χ2n) is 4.03. The van der Waals surface area contributed by atoms with E-state index in [0.717, 1.165) is 0 Å². The summed E-state index contributed by atoms with van der Waals surface area (Å²) in [7, 11) is -6.73. The molecular weight excluding hydrogens is 328 g/mol. The lowest BCUT2D eigenvalue weighted by molar-refractivity contribution is 0.582. The molecule has 2 rings (SSSR count). The van der Waals surface area contributed by atoms with Crippen LogP contribution in [0.1, 0.15) is 6.42 Å². The van der Waals surface area contributed by atoms with Gasteiger partial charge in [-0.1, -0.05) is 22.0 Å². The fourth-order valence-corrected chi connectivity index (χ4v) is 6.80. The Balaban J connectivity index is 2.38. The fraction of sp³-hybridized carbons (Fsp3) is 0.400. The van der Waals surface area contributed by atoms with E-state index in [2.05, 4.69) is 15.9 Å². The summed E-state index contributed by atoms with van der Waals surface area (Å²) in [5.41, 5.74) is 0. The molecular formula is C10H11BrO4S2. The van der Waals surface area contributed by atoms with Crippen LogP contribution in [0.5, 0.6) is 0 Å². The zero-order valence-electron chi connectivity index (χ0n) is 8.84. The summed E-state index contributed by atoms with van der Waals surface area (Å²) in [6, 6.07) is 6.34. The molecule has 1 unspecified atom stereocenters. The van der Waals surface area contributed by atoms with E-state index in [0.29, 0.717) is 4.47 Å². The summed E-state index contributed by atoms with van der Waals surface area (Å²) < 4.78 is 47.7. The van der Waals surface area contributed by atoms with Crippen molar-refractivity contribution >= 4 is 35.6 Å². The lowest BCUT2D eigenvalue weighted by Crippen LogP contribution is -2.22. The van der Waals surface area contributed by atoms with Crippen LogP contribution in [-0.4, -0.2) is 33.6 Å². The van der Waals surface area contributed by atoms with E-state index in [1.54, 1.807) is 12.1 Å².